The highest BCUT2D eigenvalue weighted by Crippen LogP contribution is 2.18. The number of nitrogens with zero attached hydrogens (tertiary/aromatic N) is 2. The summed E-state index contributed by atoms with van der Waals surface area (Å²) in [6.45, 7) is 2.29. The first-order valence-corrected chi connectivity index (χ1v) is 5.88. The summed E-state index contributed by atoms with van der Waals surface area (Å²) in [6, 6.07) is 0. The first-order valence-electron chi connectivity index (χ1n) is 5.88. The van der Waals surface area contributed by atoms with E-state index in [1.165, 1.54) is 19.6 Å². The van der Waals surface area contributed by atoms with Crippen LogP contribution in [-0.2, 0) is 20.8 Å². The Morgan fingerprint density at radius 1 is 1.30 bits per heavy atom. The SMILES string of the molecule is CCOC(=O)c1coc(-c2coc(COCOC)n2)n1. The predicted molar refractivity (Wildman–Crippen MR) is 64.6 cm³/mol. The Hall–Kier alpha value is -2.19. The van der Waals surface area contributed by atoms with Crippen LogP contribution in [0, 0.1) is 0 Å². The summed E-state index contributed by atoms with van der Waals surface area (Å²) in [5, 5.41) is 0. The summed E-state index contributed by atoms with van der Waals surface area (Å²) in [5.41, 5.74) is 0.457. The number of hydrogen-bond donors (Lipinski definition) is 0. The maximum atomic E-state index is 11.4. The third-order valence-corrected chi connectivity index (χ3v) is 2.19. The van der Waals surface area contributed by atoms with Gasteiger partial charge in [0.15, 0.2) is 11.4 Å². The topological polar surface area (TPSA) is 96.8 Å². The second-order valence-electron chi connectivity index (χ2n) is 3.64. The molecule has 0 aliphatic carbocycles. The van der Waals surface area contributed by atoms with E-state index in [0.29, 0.717) is 11.6 Å². The second kappa shape index (κ2) is 6.83. The van der Waals surface area contributed by atoms with Gasteiger partial charge in [-0.1, -0.05) is 0 Å². The molecule has 0 radical (unpaired) electrons. The summed E-state index contributed by atoms with van der Waals surface area (Å²) in [6.07, 6.45) is 2.58. The zero-order valence-corrected chi connectivity index (χ0v) is 11.1. The first-order chi connectivity index (χ1) is 9.74. The van der Waals surface area contributed by atoms with E-state index in [2.05, 4.69) is 9.97 Å². The van der Waals surface area contributed by atoms with Crippen molar-refractivity contribution < 1.29 is 27.8 Å². The van der Waals surface area contributed by atoms with Gasteiger partial charge >= 0.3 is 5.97 Å². The van der Waals surface area contributed by atoms with Gasteiger partial charge in [-0.05, 0) is 6.92 Å². The van der Waals surface area contributed by atoms with Gasteiger partial charge in [0.1, 0.15) is 25.9 Å². The summed E-state index contributed by atoms with van der Waals surface area (Å²) < 4.78 is 25.0. The van der Waals surface area contributed by atoms with E-state index >= 15 is 0 Å². The minimum atomic E-state index is -0.547. The van der Waals surface area contributed by atoms with Gasteiger partial charge in [0.05, 0.1) is 6.61 Å². The number of aromatic nitrogens is 2. The van der Waals surface area contributed by atoms with Crippen molar-refractivity contribution in [1.82, 2.24) is 9.97 Å². The molecule has 0 saturated heterocycles. The fourth-order valence-corrected chi connectivity index (χ4v) is 1.38. The van der Waals surface area contributed by atoms with Crippen molar-refractivity contribution in [2.24, 2.45) is 0 Å². The fraction of sp³-hybridized carbons (Fsp3) is 0.417. The zero-order valence-electron chi connectivity index (χ0n) is 11.1. The highest BCUT2D eigenvalue weighted by atomic mass is 16.7. The number of hydrogen-bond acceptors (Lipinski definition) is 8. The highest BCUT2D eigenvalue weighted by Gasteiger charge is 2.17. The lowest BCUT2D eigenvalue weighted by Gasteiger charge is -1.97. The summed E-state index contributed by atoms with van der Waals surface area (Å²) >= 11 is 0. The standard InChI is InChI=1S/C12H14N2O6/c1-3-18-12(15)9-5-20-11(14-9)8-4-19-10(13-8)6-17-7-16-2/h4-5H,3,6-7H2,1-2H3. The average molecular weight is 282 g/mol. The normalized spacial score (nSPS) is 10.7. The molecule has 0 saturated carbocycles. The smallest absolute Gasteiger partial charge is 0.360 e. The molecule has 2 aromatic heterocycles. The van der Waals surface area contributed by atoms with E-state index in [-0.39, 0.29) is 31.6 Å². The second-order valence-corrected chi connectivity index (χ2v) is 3.64. The number of oxazole rings is 2. The highest BCUT2D eigenvalue weighted by molar-refractivity contribution is 5.87. The van der Waals surface area contributed by atoms with Crippen LogP contribution in [0.5, 0.6) is 0 Å². The Morgan fingerprint density at radius 3 is 2.90 bits per heavy atom. The zero-order chi connectivity index (χ0) is 14.4. The van der Waals surface area contributed by atoms with Crippen molar-refractivity contribution in [2.75, 3.05) is 20.5 Å². The molecule has 8 heteroatoms. The van der Waals surface area contributed by atoms with Crippen LogP contribution >= 0.6 is 0 Å². The van der Waals surface area contributed by atoms with Gasteiger partial charge in [-0.15, -0.1) is 0 Å². The monoisotopic (exact) mass is 282 g/mol. The van der Waals surface area contributed by atoms with Gasteiger partial charge < -0.3 is 23.0 Å². The largest absolute Gasteiger partial charge is 0.461 e. The molecule has 0 atom stereocenters. The lowest BCUT2D eigenvalue weighted by Crippen LogP contribution is -2.04. The van der Waals surface area contributed by atoms with E-state index in [1.807, 2.05) is 0 Å². The number of methoxy groups -OCH3 is 1. The summed E-state index contributed by atoms with van der Waals surface area (Å²) in [7, 11) is 1.52. The van der Waals surface area contributed by atoms with E-state index in [9.17, 15) is 4.79 Å². The molecule has 0 unspecified atom stereocenters. The van der Waals surface area contributed by atoms with Gasteiger partial charge in [0, 0.05) is 7.11 Å². The van der Waals surface area contributed by atoms with Crippen LogP contribution < -0.4 is 0 Å². The molecule has 0 aliphatic rings. The molecule has 2 aromatic rings. The molecule has 0 aromatic carbocycles. The van der Waals surface area contributed by atoms with E-state index < -0.39 is 5.97 Å². The van der Waals surface area contributed by atoms with E-state index in [0.717, 1.165) is 0 Å². The minimum Gasteiger partial charge on any atom is -0.461 e. The van der Waals surface area contributed by atoms with Gasteiger partial charge in [0.25, 0.3) is 0 Å². The predicted octanol–water partition coefficient (Wildman–Crippen LogP) is 1.63. The summed E-state index contributed by atoms with van der Waals surface area (Å²) in [4.78, 5) is 19.5. The molecule has 0 aliphatic heterocycles. The molecule has 8 nitrogen and oxygen atoms in total. The molecular formula is C12H14N2O6. The Morgan fingerprint density at radius 2 is 2.15 bits per heavy atom. The van der Waals surface area contributed by atoms with Crippen LogP contribution in [0.4, 0.5) is 0 Å². The molecule has 20 heavy (non-hydrogen) atoms. The van der Waals surface area contributed by atoms with Crippen molar-refractivity contribution in [3.05, 3.63) is 24.1 Å². The molecular weight excluding hydrogens is 268 g/mol. The Bertz CT molecular complexity index is 562. The van der Waals surface area contributed by atoms with Crippen molar-refractivity contribution in [3.8, 4) is 11.6 Å². The van der Waals surface area contributed by atoms with Crippen molar-refractivity contribution >= 4 is 5.97 Å². The van der Waals surface area contributed by atoms with E-state index in [1.54, 1.807) is 6.92 Å². The molecule has 0 spiro atoms. The van der Waals surface area contributed by atoms with Crippen LogP contribution in [0.2, 0.25) is 0 Å². The number of esters is 1. The number of ether oxygens (including phenoxy) is 3. The van der Waals surface area contributed by atoms with Crippen LogP contribution in [0.25, 0.3) is 11.6 Å². The van der Waals surface area contributed by atoms with Crippen molar-refractivity contribution in [3.63, 3.8) is 0 Å². The maximum absolute atomic E-state index is 11.4. The van der Waals surface area contributed by atoms with Crippen LogP contribution in [-0.4, -0.2) is 36.4 Å². The number of carbonyl (C=O) groups excluding carboxylic acids is 1. The number of rotatable bonds is 7. The van der Waals surface area contributed by atoms with Gasteiger partial charge in [-0.3, -0.25) is 0 Å². The Balaban J connectivity index is 2.03. The molecule has 0 bridgehead atoms. The van der Waals surface area contributed by atoms with Gasteiger partial charge in [-0.25, -0.2) is 14.8 Å². The van der Waals surface area contributed by atoms with E-state index in [4.69, 9.17) is 23.0 Å². The van der Waals surface area contributed by atoms with Gasteiger partial charge in [-0.2, -0.15) is 0 Å². The molecule has 108 valence electrons. The number of carbonyl (C=O) groups is 1. The Kier molecular flexibility index (Phi) is 4.85. The Labute approximate surface area is 114 Å². The lowest BCUT2D eigenvalue weighted by molar-refractivity contribution is -0.0453. The third kappa shape index (κ3) is 3.43. The minimum absolute atomic E-state index is 0.0852. The average Bonchev–Trinajstić information content (AvgIpc) is 3.08. The molecule has 0 N–H and O–H groups in total. The summed E-state index contributed by atoms with van der Waals surface area (Å²) in [5.74, 6) is -0.0163. The molecule has 2 heterocycles. The quantitative estimate of drug-likeness (QED) is 0.429. The molecule has 2 rings (SSSR count). The van der Waals surface area contributed by atoms with Crippen molar-refractivity contribution in [2.45, 2.75) is 13.5 Å². The fourth-order valence-electron chi connectivity index (χ4n) is 1.38. The molecule has 0 amide bonds. The lowest BCUT2D eigenvalue weighted by atomic mass is 10.4. The van der Waals surface area contributed by atoms with Crippen molar-refractivity contribution in [1.29, 1.82) is 0 Å². The molecule has 0 fully saturated rings. The van der Waals surface area contributed by atoms with Gasteiger partial charge in [0.2, 0.25) is 11.8 Å². The van der Waals surface area contributed by atoms with Crippen LogP contribution in [0.15, 0.2) is 21.4 Å². The maximum Gasteiger partial charge on any atom is 0.360 e. The first kappa shape index (κ1) is 14.2. The van der Waals surface area contributed by atoms with Crippen LogP contribution in [0.1, 0.15) is 23.3 Å². The third-order valence-electron chi connectivity index (χ3n) is 2.19. The van der Waals surface area contributed by atoms with Crippen LogP contribution in [0.3, 0.4) is 0 Å².